The monoisotopic (exact) mass is 520 g/mol. The van der Waals surface area contributed by atoms with Crippen molar-refractivity contribution in [1.29, 1.82) is 0 Å². The smallest absolute Gasteiger partial charge is 0.227 e. The number of anilines is 1. The number of nitrogens with one attached hydrogen (secondary N) is 2. The lowest BCUT2D eigenvalue weighted by Crippen LogP contribution is -2.28. The molecule has 2 aromatic carbocycles. The number of para-hydroxylation sites is 1. The van der Waals surface area contributed by atoms with Crippen LogP contribution in [0.25, 0.3) is 50.3 Å². The highest BCUT2D eigenvalue weighted by molar-refractivity contribution is 5.98. The summed E-state index contributed by atoms with van der Waals surface area (Å²) < 4.78 is 19.8. The first kappa shape index (κ1) is 23.3. The summed E-state index contributed by atoms with van der Waals surface area (Å²) in [6.45, 7) is 1.93. The minimum absolute atomic E-state index is 0.0132. The molecule has 7 rings (SSSR count). The number of benzene rings is 2. The molecule has 1 saturated carbocycles. The number of aryl methyl sites for hydroxylation is 2. The second-order valence-electron chi connectivity index (χ2n) is 10.1. The molecule has 10 heteroatoms. The summed E-state index contributed by atoms with van der Waals surface area (Å²) in [4.78, 5) is 29.2. The third-order valence-electron chi connectivity index (χ3n) is 7.45. The topological polar surface area (TPSA) is 106 Å². The molecule has 2 N–H and O–H groups in total. The lowest BCUT2D eigenvalue weighted by molar-refractivity contribution is -0.122. The summed E-state index contributed by atoms with van der Waals surface area (Å²) in [7, 11) is 1.78. The van der Waals surface area contributed by atoms with Crippen LogP contribution in [0.5, 0.6) is 0 Å². The van der Waals surface area contributed by atoms with Gasteiger partial charge >= 0.3 is 0 Å². The Morgan fingerprint density at radius 2 is 2.05 bits per heavy atom. The van der Waals surface area contributed by atoms with Crippen LogP contribution in [0.3, 0.4) is 0 Å². The number of amides is 1. The number of rotatable bonds is 5. The number of pyridine rings is 1. The number of fused-ring (bicyclic) bond motifs is 2. The third kappa shape index (κ3) is 3.87. The van der Waals surface area contributed by atoms with E-state index in [0.717, 1.165) is 41.7 Å². The van der Waals surface area contributed by atoms with Crippen molar-refractivity contribution < 1.29 is 9.18 Å². The van der Waals surface area contributed by atoms with Gasteiger partial charge in [-0.25, -0.2) is 14.4 Å². The summed E-state index contributed by atoms with van der Waals surface area (Å²) in [6.07, 6.45) is 9.74. The summed E-state index contributed by atoms with van der Waals surface area (Å²) >= 11 is 0. The zero-order valence-corrected chi connectivity index (χ0v) is 21.4. The number of aromatic amines is 1. The zero-order valence-electron chi connectivity index (χ0n) is 21.4. The Balaban J connectivity index is 1.32. The fourth-order valence-electron chi connectivity index (χ4n) is 5.16. The van der Waals surface area contributed by atoms with Crippen LogP contribution >= 0.6 is 0 Å². The average molecular weight is 521 g/mol. The number of H-pyrrole nitrogens is 1. The lowest BCUT2D eigenvalue weighted by atomic mass is 9.85. The number of hydrogen-bond acceptors (Lipinski definition) is 5. The molecular formula is C29H25FN8O. The Labute approximate surface area is 222 Å². The third-order valence-corrected chi connectivity index (χ3v) is 7.45. The summed E-state index contributed by atoms with van der Waals surface area (Å²) in [5.74, 6) is 0.0731. The van der Waals surface area contributed by atoms with E-state index >= 15 is 4.39 Å². The normalized spacial score (nSPS) is 13.7. The van der Waals surface area contributed by atoms with Gasteiger partial charge in [-0.15, -0.1) is 0 Å². The molecule has 1 aliphatic rings. The van der Waals surface area contributed by atoms with E-state index in [4.69, 9.17) is 4.98 Å². The van der Waals surface area contributed by atoms with Crippen molar-refractivity contribution in [2.75, 3.05) is 5.32 Å². The van der Waals surface area contributed by atoms with E-state index in [1.165, 1.54) is 0 Å². The van der Waals surface area contributed by atoms with Gasteiger partial charge in [0.2, 0.25) is 5.91 Å². The molecule has 1 aliphatic carbocycles. The number of carbonyl (C=O) groups is 1. The van der Waals surface area contributed by atoms with Crippen LogP contribution in [0.15, 0.2) is 61.3 Å². The maximum absolute atomic E-state index is 16.3. The van der Waals surface area contributed by atoms with Gasteiger partial charge in [0, 0.05) is 36.5 Å². The van der Waals surface area contributed by atoms with Crippen LogP contribution in [0.2, 0.25) is 0 Å². The van der Waals surface area contributed by atoms with Gasteiger partial charge in [-0.3, -0.25) is 14.5 Å². The molecule has 1 amide bonds. The maximum Gasteiger partial charge on any atom is 0.227 e. The molecule has 0 spiro atoms. The SMILES string of the molecule is Cc1cn(-c2cccc3[nH]c(-c4nn(C)c5ccc(-c6cncc(NC(=O)C7CCC7)c6)c(F)c45)nc23)cn1. The molecule has 39 heavy (non-hydrogen) atoms. The van der Waals surface area contributed by atoms with E-state index in [0.29, 0.717) is 39.2 Å². The molecule has 0 bridgehead atoms. The summed E-state index contributed by atoms with van der Waals surface area (Å²) in [5.41, 5.74) is 5.85. The first-order chi connectivity index (χ1) is 19.0. The van der Waals surface area contributed by atoms with Crippen molar-refractivity contribution >= 4 is 33.5 Å². The number of nitrogens with zero attached hydrogens (tertiary/aromatic N) is 6. The minimum Gasteiger partial charge on any atom is -0.336 e. The molecular weight excluding hydrogens is 495 g/mol. The van der Waals surface area contributed by atoms with Gasteiger partial charge in [0.25, 0.3) is 0 Å². The molecule has 0 saturated heterocycles. The van der Waals surface area contributed by atoms with Crippen LogP contribution < -0.4 is 5.32 Å². The van der Waals surface area contributed by atoms with Crippen LogP contribution in [-0.2, 0) is 11.8 Å². The van der Waals surface area contributed by atoms with Gasteiger partial charge in [-0.1, -0.05) is 12.5 Å². The molecule has 0 radical (unpaired) electrons. The molecule has 0 unspecified atom stereocenters. The number of halogens is 1. The van der Waals surface area contributed by atoms with E-state index in [-0.39, 0.29) is 11.8 Å². The number of aromatic nitrogens is 7. The van der Waals surface area contributed by atoms with Gasteiger partial charge in [-0.05, 0) is 50.1 Å². The van der Waals surface area contributed by atoms with Gasteiger partial charge in [0.1, 0.15) is 17.0 Å². The molecule has 194 valence electrons. The van der Waals surface area contributed by atoms with Crippen molar-refractivity contribution in [3.05, 3.63) is 72.8 Å². The van der Waals surface area contributed by atoms with Crippen LogP contribution in [-0.4, -0.2) is 40.2 Å². The molecule has 0 atom stereocenters. The summed E-state index contributed by atoms with van der Waals surface area (Å²) in [5, 5.41) is 7.93. The van der Waals surface area contributed by atoms with Crippen LogP contribution in [0.4, 0.5) is 10.1 Å². The molecule has 0 aliphatic heterocycles. The Hall–Kier alpha value is -4.86. The molecule has 4 heterocycles. The largest absolute Gasteiger partial charge is 0.336 e. The first-order valence-corrected chi connectivity index (χ1v) is 12.9. The van der Waals surface area contributed by atoms with Gasteiger partial charge in [0.05, 0.1) is 46.0 Å². The Morgan fingerprint density at radius 1 is 1.18 bits per heavy atom. The van der Waals surface area contributed by atoms with E-state index in [1.807, 2.05) is 42.0 Å². The highest BCUT2D eigenvalue weighted by Crippen LogP contribution is 2.36. The predicted molar refractivity (Wildman–Crippen MR) is 147 cm³/mol. The summed E-state index contributed by atoms with van der Waals surface area (Å²) in [6, 6.07) is 11.1. The zero-order chi connectivity index (χ0) is 26.7. The highest BCUT2D eigenvalue weighted by atomic mass is 19.1. The molecule has 6 aromatic rings. The number of hydrogen-bond donors (Lipinski definition) is 2. The molecule has 1 fully saturated rings. The highest BCUT2D eigenvalue weighted by Gasteiger charge is 2.26. The van der Waals surface area contributed by atoms with Crippen molar-refractivity contribution in [2.24, 2.45) is 13.0 Å². The maximum atomic E-state index is 16.3. The van der Waals surface area contributed by atoms with E-state index < -0.39 is 5.82 Å². The Kier molecular flexibility index (Phi) is 5.29. The van der Waals surface area contributed by atoms with Crippen molar-refractivity contribution in [3.63, 3.8) is 0 Å². The van der Waals surface area contributed by atoms with Crippen molar-refractivity contribution in [2.45, 2.75) is 26.2 Å². The van der Waals surface area contributed by atoms with Crippen molar-refractivity contribution in [3.8, 4) is 28.3 Å². The number of carbonyl (C=O) groups excluding carboxylic acids is 1. The standard InChI is InChI=1S/C29H25FN8O/c1-16-14-38(15-32-16)23-8-4-7-21-26(23)35-28(34-21)27-24-22(37(2)36-27)10-9-20(25(24)30)18-11-19(13-31-12-18)33-29(39)17-5-3-6-17/h4,7-15,17H,3,5-6H2,1-2H3,(H,33,39)(H,34,35). The van der Waals surface area contributed by atoms with Crippen LogP contribution in [0.1, 0.15) is 25.0 Å². The van der Waals surface area contributed by atoms with Gasteiger partial charge in [0.15, 0.2) is 5.82 Å². The fraction of sp³-hybridized carbons (Fsp3) is 0.207. The second-order valence-corrected chi connectivity index (χ2v) is 10.1. The fourth-order valence-corrected chi connectivity index (χ4v) is 5.16. The van der Waals surface area contributed by atoms with Crippen LogP contribution in [0, 0.1) is 18.7 Å². The molecule has 9 nitrogen and oxygen atoms in total. The number of imidazole rings is 2. The Morgan fingerprint density at radius 3 is 2.82 bits per heavy atom. The Bertz CT molecular complexity index is 1890. The lowest BCUT2D eigenvalue weighted by Gasteiger charge is -2.24. The van der Waals surface area contributed by atoms with Crippen molar-refractivity contribution in [1.82, 2.24) is 34.3 Å². The van der Waals surface area contributed by atoms with Gasteiger partial charge in [-0.2, -0.15) is 5.10 Å². The van der Waals surface area contributed by atoms with E-state index in [9.17, 15) is 4.79 Å². The minimum atomic E-state index is -0.425. The first-order valence-electron chi connectivity index (χ1n) is 12.9. The quantitative estimate of drug-likeness (QED) is 0.310. The van der Waals surface area contributed by atoms with Gasteiger partial charge < -0.3 is 14.9 Å². The van der Waals surface area contributed by atoms with E-state index in [1.54, 1.807) is 42.6 Å². The second kappa shape index (κ2) is 8.87. The van der Waals surface area contributed by atoms with E-state index in [2.05, 4.69) is 25.4 Å². The average Bonchev–Trinajstić information content (AvgIpc) is 3.60. The predicted octanol–water partition coefficient (Wildman–Crippen LogP) is 5.55. The molecule has 4 aromatic heterocycles.